The zero-order chi connectivity index (χ0) is 20.5. The van der Waals surface area contributed by atoms with Crippen molar-refractivity contribution in [2.75, 3.05) is 6.61 Å². The summed E-state index contributed by atoms with van der Waals surface area (Å²) >= 11 is 0. The Balaban J connectivity index is 1.93. The van der Waals surface area contributed by atoms with Gasteiger partial charge in [-0.25, -0.2) is 4.79 Å². The summed E-state index contributed by atoms with van der Waals surface area (Å²) in [6, 6.07) is 0. The van der Waals surface area contributed by atoms with Gasteiger partial charge in [0.1, 0.15) is 11.7 Å². The van der Waals surface area contributed by atoms with Gasteiger partial charge < -0.3 is 19.3 Å². The minimum absolute atomic E-state index is 0.0600. The lowest BCUT2D eigenvalue weighted by Gasteiger charge is -2.27. The maximum Gasteiger partial charge on any atom is 0.334 e. The van der Waals surface area contributed by atoms with Crippen molar-refractivity contribution in [3.05, 3.63) is 35.5 Å². The number of carbonyl (C=O) groups is 2. The number of hydrogen-bond acceptors (Lipinski definition) is 6. The molecule has 1 aliphatic carbocycles. The molecule has 2 saturated heterocycles. The molecule has 3 aliphatic rings. The molecule has 2 heterocycles. The number of allylic oxidation sites excluding steroid dienone is 3. The zero-order valence-electron chi connectivity index (χ0n) is 16.9. The first kappa shape index (κ1) is 20.8. The van der Waals surface area contributed by atoms with Crippen molar-refractivity contribution in [3.8, 4) is 0 Å². The lowest BCUT2D eigenvalue weighted by atomic mass is 9.83. The van der Waals surface area contributed by atoms with E-state index >= 15 is 0 Å². The third-order valence-corrected chi connectivity index (χ3v) is 6.10. The summed E-state index contributed by atoms with van der Waals surface area (Å²) in [6.45, 7) is 9.19. The van der Waals surface area contributed by atoms with Gasteiger partial charge in [0.15, 0.2) is 6.10 Å². The molecule has 0 unspecified atom stereocenters. The van der Waals surface area contributed by atoms with E-state index in [0.717, 1.165) is 31.3 Å². The maximum absolute atomic E-state index is 12.3. The largest absolute Gasteiger partial charge is 0.454 e. The van der Waals surface area contributed by atoms with Crippen molar-refractivity contribution in [2.24, 2.45) is 5.92 Å². The normalized spacial score (nSPS) is 40.0. The molecule has 2 aliphatic heterocycles. The second kappa shape index (κ2) is 8.21. The second-order valence-corrected chi connectivity index (χ2v) is 8.17. The SMILES string of the molecule is C=C1C(=O)O[C@@H]2[C@@H]1C[C@H]1O[C@]1(CO)CC/C=C(\C)CC/C=C(\C)[C@H]2OC(C)=O. The molecule has 0 aromatic heterocycles. The number of epoxide rings is 1. The molecule has 2 fully saturated rings. The summed E-state index contributed by atoms with van der Waals surface area (Å²) in [4.78, 5) is 24.0. The molecule has 0 spiro atoms. The molecule has 0 aromatic rings. The van der Waals surface area contributed by atoms with Gasteiger partial charge in [0.05, 0.1) is 12.7 Å². The topological polar surface area (TPSA) is 85.4 Å². The van der Waals surface area contributed by atoms with Gasteiger partial charge in [-0.2, -0.15) is 0 Å². The highest BCUT2D eigenvalue weighted by molar-refractivity contribution is 5.91. The Bertz CT molecular complexity index is 721. The summed E-state index contributed by atoms with van der Waals surface area (Å²) in [5, 5.41) is 9.89. The molecule has 5 atom stereocenters. The standard InChI is InChI=1S/C22H30O6/c1-13-7-5-9-14(2)19(26-16(4)24)20-17(15(3)21(25)27-20)11-18-22(12-23,28-18)10-6-8-13/h8-9,17-20,23H,3,5-7,10-12H2,1-2,4H3/b13-8+,14-9+/t17-,18-,19-,20-,22+/m1/s1. The molecular formula is C22H30O6. The summed E-state index contributed by atoms with van der Waals surface area (Å²) in [7, 11) is 0. The Kier molecular flexibility index (Phi) is 6.10. The minimum atomic E-state index is -0.653. The fraction of sp³-hybridized carbons (Fsp3) is 0.636. The van der Waals surface area contributed by atoms with Gasteiger partial charge in [-0.15, -0.1) is 0 Å². The summed E-state index contributed by atoms with van der Waals surface area (Å²) in [5.74, 6) is -1.20. The van der Waals surface area contributed by atoms with Gasteiger partial charge in [-0.3, -0.25) is 4.79 Å². The number of hydrogen-bond donors (Lipinski definition) is 1. The highest BCUT2D eigenvalue weighted by Gasteiger charge is 2.58. The van der Waals surface area contributed by atoms with Gasteiger partial charge in [-0.1, -0.05) is 24.3 Å². The van der Waals surface area contributed by atoms with E-state index in [1.807, 2.05) is 13.0 Å². The fourth-order valence-corrected chi connectivity index (χ4v) is 4.27. The third kappa shape index (κ3) is 4.23. The Morgan fingerprint density at radius 1 is 1.36 bits per heavy atom. The van der Waals surface area contributed by atoms with E-state index < -0.39 is 29.7 Å². The van der Waals surface area contributed by atoms with Crippen LogP contribution in [0, 0.1) is 5.92 Å². The smallest absolute Gasteiger partial charge is 0.334 e. The Morgan fingerprint density at radius 2 is 2.11 bits per heavy atom. The fourth-order valence-electron chi connectivity index (χ4n) is 4.27. The highest BCUT2D eigenvalue weighted by Crippen LogP contribution is 2.47. The molecule has 154 valence electrons. The van der Waals surface area contributed by atoms with Crippen LogP contribution in [0.3, 0.4) is 0 Å². The quantitative estimate of drug-likeness (QED) is 0.338. The van der Waals surface area contributed by atoms with Crippen molar-refractivity contribution in [3.63, 3.8) is 0 Å². The predicted octanol–water partition coefficient (Wildman–Crippen LogP) is 3.00. The van der Waals surface area contributed by atoms with Gasteiger partial charge in [0.2, 0.25) is 0 Å². The van der Waals surface area contributed by atoms with Gasteiger partial charge in [-0.05, 0) is 51.5 Å². The summed E-state index contributed by atoms with van der Waals surface area (Å²) < 4.78 is 17.1. The van der Waals surface area contributed by atoms with E-state index in [1.54, 1.807) is 0 Å². The number of aliphatic hydroxyl groups is 1. The molecule has 0 aromatic carbocycles. The average molecular weight is 390 g/mol. The monoisotopic (exact) mass is 390 g/mol. The predicted molar refractivity (Wildman–Crippen MR) is 103 cm³/mol. The molecule has 6 nitrogen and oxygen atoms in total. The molecule has 6 heteroatoms. The van der Waals surface area contributed by atoms with Gasteiger partial charge in [0.25, 0.3) is 0 Å². The van der Waals surface area contributed by atoms with Crippen LogP contribution in [0.1, 0.15) is 52.9 Å². The first-order valence-corrected chi connectivity index (χ1v) is 9.95. The number of carbonyl (C=O) groups excluding carboxylic acids is 2. The number of aliphatic hydroxyl groups excluding tert-OH is 1. The Hall–Kier alpha value is -1.92. The molecule has 1 N–H and O–H groups in total. The number of ether oxygens (including phenoxy) is 3. The lowest BCUT2D eigenvalue weighted by molar-refractivity contribution is -0.157. The van der Waals surface area contributed by atoms with E-state index in [2.05, 4.69) is 19.6 Å². The van der Waals surface area contributed by atoms with Gasteiger partial charge >= 0.3 is 11.9 Å². The van der Waals surface area contributed by atoms with Crippen LogP contribution in [0.25, 0.3) is 0 Å². The van der Waals surface area contributed by atoms with E-state index in [-0.39, 0.29) is 18.6 Å². The van der Waals surface area contributed by atoms with Crippen LogP contribution in [0.15, 0.2) is 35.5 Å². The summed E-state index contributed by atoms with van der Waals surface area (Å²) in [6.07, 6.45) is 6.56. The zero-order valence-corrected chi connectivity index (χ0v) is 16.9. The third-order valence-electron chi connectivity index (χ3n) is 6.10. The average Bonchev–Trinajstić information content (AvgIpc) is 3.26. The van der Waals surface area contributed by atoms with Crippen LogP contribution in [0.2, 0.25) is 0 Å². The van der Waals surface area contributed by atoms with E-state index in [4.69, 9.17) is 14.2 Å². The molecule has 28 heavy (non-hydrogen) atoms. The second-order valence-electron chi connectivity index (χ2n) is 8.17. The Labute approximate surface area is 166 Å². The minimum Gasteiger partial charge on any atom is -0.454 e. The first-order valence-electron chi connectivity index (χ1n) is 9.95. The van der Waals surface area contributed by atoms with Crippen molar-refractivity contribution in [1.29, 1.82) is 0 Å². The maximum atomic E-state index is 12.3. The highest BCUT2D eigenvalue weighted by atomic mass is 16.6. The van der Waals surface area contributed by atoms with Crippen LogP contribution >= 0.6 is 0 Å². The van der Waals surface area contributed by atoms with Crippen LogP contribution < -0.4 is 0 Å². The molecule has 0 bridgehead atoms. The number of esters is 2. The first-order chi connectivity index (χ1) is 13.3. The number of rotatable bonds is 2. The van der Waals surface area contributed by atoms with E-state index in [1.165, 1.54) is 12.5 Å². The van der Waals surface area contributed by atoms with Crippen LogP contribution in [0.4, 0.5) is 0 Å². The lowest BCUT2D eigenvalue weighted by Crippen LogP contribution is -2.37. The van der Waals surface area contributed by atoms with E-state index in [9.17, 15) is 14.7 Å². The van der Waals surface area contributed by atoms with Crippen molar-refractivity contribution < 1.29 is 28.9 Å². The van der Waals surface area contributed by atoms with Crippen molar-refractivity contribution >= 4 is 11.9 Å². The number of fused-ring (bicyclic) bond motifs is 2. The van der Waals surface area contributed by atoms with E-state index in [0.29, 0.717) is 12.0 Å². The van der Waals surface area contributed by atoms with Crippen LogP contribution in [-0.4, -0.2) is 47.6 Å². The van der Waals surface area contributed by atoms with Crippen molar-refractivity contribution in [2.45, 2.75) is 76.8 Å². The Morgan fingerprint density at radius 3 is 2.79 bits per heavy atom. The van der Waals surface area contributed by atoms with Crippen molar-refractivity contribution in [1.82, 2.24) is 0 Å². The molecule has 0 amide bonds. The van der Waals surface area contributed by atoms with Gasteiger partial charge in [0, 0.05) is 18.4 Å². The van der Waals surface area contributed by atoms with Crippen LogP contribution in [-0.2, 0) is 23.8 Å². The molecular weight excluding hydrogens is 360 g/mol. The molecule has 0 saturated carbocycles. The van der Waals surface area contributed by atoms with Crippen LogP contribution in [0.5, 0.6) is 0 Å². The molecule has 3 rings (SSSR count). The summed E-state index contributed by atoms with van der Waals surface area (Å²) in [5.41, 5.74) is 1.94. The molecule has 0 radical (unpaired) electrons.